The number of carbonyl (C=O) groups excluding carboxylic acids is 1. The molecule has 0 aliphatic rings. The van der Waals surface area contributed by atoms with Crippen LogP contribution in [0.15, 0.2) is 78.0 Å². The monoisotopic (exact) mass is 404 g/mol. The Morgan fingerprint density at radius 1 is 1.03 bits per heavy atom. The second-order valence-corrected chi connectivity index (χ2v) is 7.04. The molecule has 0 aliphatic carbocycles. The Morgan fingerprint density at radius 3 is 2.33 bits per heavy atom. The van der Waals surface area contributed by atoms with E-state index in [-0.39, 0.29) is 5.91 Å². The average molecular weight is 404 g/mol. The summed E-state index contributed by atoms with van der Waals surface area (Å²) in [6, 6.07) is 17.2. The smallest absolute Gasteiger partial charge is 0.257 e. The highest BCUT2D eigenvalue weighted by Gasteiger charge is 2.10. The van der Waals surface area contributed by atoms with Crippen LogP contribution in [-0.4, -0.2) is 16.9 Å². The van der Waals surface area contributed by atoms with Gasteiger partial charge in [-0.25, -0.2) is 9.38 Å². The number of rotatable bonds is 6. The van der Waals surface area contributed by atoms with Gasteiger partial charge in [-0.15, -0.1) is 0 Å². The Morgan fingerprint density at radius 2 is 1.70 bits per heavy atom. The highest BCUT2D eigenvalue weighted by atomic mass is 19.1. The maximum absolute atomic E-state index is 13.2. The van der Waals surface area contributed by atoms with E-state index in [0.717, 1.165) is 17.7 Å². The fourth-order valence-corrected chi connectivity index (χ4v) is 2.82. The summed E-state index contributed by atoms with van der Waals surface area (Å²) in [6.07, 6.45) is 4.46. The minimum Gasteiger partial charge on any atom is -0.326 e. The van der Waals surface area contributed by atoms with Crippen LogP contribution in [0, 0.1) is 5.82 Å². The summed E-state index contributed by atoms with van der Waals surface area (Å²) in [7, 11) is 0. The number of pyridine rings is 1. The van der Waals surface area contributed by atoms with Crippen LogP contribution in [0.2, 0.25) is 0 Å². The number of anilines is 1. The molecule has 1 atom stereocenters. The van der Waals surface area contributed by atoms with Crippen molar-refractivity contribution in [2.75, 3.05) is 5.32 Å². The van der Waals surface area contributed by atoms with E-state index in [9.17, 15) is 9.18 Å². The van der Waals surface area contributed by atoms with Gasteiger partial charge in [0.2, 0.25) is 5.96 Å². The van der Waals surface area contributed by atoms with Gasteiger partial charge in [0.25, 0.3) is 5.91 Å². The lowest BCUT2D eigenvalue weighted by Gasteiger charge is -2.14. The first-order chi connectivity index (χ1) is 14.5. The van der Waals surface area contributed by atoms with Crippen LogP contribution in [0.4, 0.5) is 10.1 Å². The predicted octanol–water partition coefficient (Wildman–Crippen LogP) is 5.13. The zero-order chi connectivity index (χ0) is 21.3. The number of hydrogen-bond acceptors (Lipinski definition) is 3. The number of nitrogens with one attached hydrogen (secondary N) is 2. The summed E-state index contributed by atoms with van der Waals surface area (Å²) in [5.41, 5.74) is 3.39. The van der Waals surface area contributed by atoms with Gasteiger partial charge < -0.3 is 5.32 Å². The average Bonchev–Trinajstić information content (AvgIpc) is 2.78. The maximum Gasteiger partial charge on any atom is 0.257 e. The molecule has 0 aliphatic heterocycles. The number of benzene rings is 2. The molecule has 1 heterocycles. The molecule has 3 aromatic rings. The molecule has 0 radical (unpaired) electrons. The van der Waals surface area contributed by atoms with Crippen LogP contribution in [-0.2, 0) is 6.54 Å². The molecule has 2 N–H and O–H groups in total. The molecule has 30 heavy (non-hydrogen) atoms. The van der Waals surface area contributed by atoms with Crippen molar-refractivity contribution in [2.24, 2.45) is 4.99 Å². The number of carbonyl (C=O) groups is 1. The van der Waals surface area contributed by atoms with Crippen molar-refractivity contribution in [3.63, 3.8) is 0 Å². The second-order valence-electron chi connectivity index (χ2n) is 7.04. The molecule has 154 valence electrons. The van der Waals surface area contributed by atoms with Crippen molar-refractivity contribution < 1.29 is 9.18 Å². The molecule has 5 nitrogen and oxygen atoms in total. The summed E-state index contributed by atoms with van der Waals surface area (Å²) in [5.74, 6) is 0.0411. The van der Waals surface area contributed by atoms with Gasteiger partial charge in [0.05, 0.1) is 6.54 Å². The Kier molecular flexibility index (Phi) is 7.27. The number of nitrogens with zero attached hydrogens (tertiary/aromatic N) is 2. The molecule has 0 saturated heterocycles. The van der Waals surface area contributed by atoms with Gasteiger partial charge in [-0.3, -0.25) is 15.1 Å². The third-order valence-electron chi connectivity index (χ3n) is 4.86. The molecular formula is C24H25FN4O. The molecule has 2 aromatic carbocycles. The van der Waals surface area contributed by atoms with Gasteiger partial charge in [-0.1, -0.05) is 26.0 Å². The molecule has 0 saturated carbocycles. The van der Waals surface area contributed by atoms with E-state index >= 15 is 0 Å². The van der Waals surface area contributed by atoms with E-state index in [0.29, 0.717) is 24.0 Å². The maximum atomic E-state index is 13.2. The van der Waals surface area contributed by atoms with Crippen molar-refractivity contribution >= 4 is 17.6 Å². The lowest BCUT2D eigenvalue weighted by atomic mass is 9.99. The topological polar surface area (TPSA) is 66.4 Å². The van der Waals surface area contributed by atoms with Crippen molar-refractivity contribution in [1.82, 2.24) is 10.3 Å². The van der Waals surface area contributed by atoms with Gasteiger partial charge in [-0.05, 0) is 72.0 Å². The molecule has 3 rings (SSSR count). The highest BCUT2D eigenvalue weighted by Crippen LogP contribution is 2.20. The molecule has 0 fully saturated rings. The van der Waals surface area contributed by atoms with Gasteiger partial charge >= 0.3 is 0 Å². The van der Waals surface area contributed by atoms with E-state index < -0.39 is 5.82 Å². The Balaban J connectivity index is 1.78. The molecular weight excluding hydrogens is 379 g/mol. The first kappa shape index (κ1) is 21.2. The van der Waals surface area contributed by atoms with Gasteiger partial charge in [0.1, 0.15) is 5.82 Å². The number of amides is 1. The van der Waals surface area contributed by atoms with Crippen LogP contribution < -0.4 is 10.6 Å². The van der Waals surface area contributed by atoms with Crippen LogP contribution in [0.5, 0.6) is 0 Å². The molecule has 0 bridgehead atoms. The number of guanidine groups is 1. The lowest BCUT2D eigenvalue weighted by Crippen LogP contribution is -2.36. The zero-order valence-electron chi connectivity index (χ0n) is 17.1. The summed E-state index contributed by atoms with van der Waals surface area (Å²) in [5, 5.41) is 5.96. The van der Waals surface area contributed by atoms with Crippen molar-refractivity contribution in [3.05, 3.63) is 95.6 Å². The quantitative estimate of drug-likeness (QED) is 0.442. The minimum atomic E-state index is -0.391. The Hall–Kier alpha value is -3.54. The largest absolute Gasteiger partial charge is 0.326 e. The summed E-state index contributed by atoms with van der Waals surface area (Å²) in [6.45, 7) is 4.72. The van der Waals surface area contributed by atoms with E-state index in [2.05, 4.69) is 46.6 Å². The Labute approximate surface area is 176 Å². The second kappa shape index (κ2) is 10.3. The SMILES string of the molecule is CC[C@@H](C)c1ccc(NC(=NCc2ccncc2)NC(=O)c2ccc(F)cc2)cc1. The van der Waals surface area contributed by atoms with Crippen molar-refractivity contribution in [3.8, 4) is 0 Å². The predicted molar refractivity (Wildman–Crippen MR) is 118 cm³/mol. The molecule has 0 unspecified atom stereocenters. The Bertz CT molecular complexity index is 986. The summed E-state index contributed by atoms with van der Waals surface area (Å²) < 4.78 is 13.2. The van der Waals surface area contributed by atoms with Gasteiger partial charge in [0, 0.05) is 23.6 Å². The van der Waals surface area contributed by atoms with Crippen LogP contribution in [0.25, 0.3) is 0 Å². The highest BCUT2D eigenvalue weighted by molar-refractivity contribution is 6.09. The van der Waals surface area contributed by atoms with Gasteiger partial charge in [-0.2, -0.15) is 0 Å². The standard InChI is InChI=1S/C24H25FN4O/c1-3-17(2)19-6-10-22(11-7-19)28-24(27-16-18-12-14-26-15-13-18)29-23(30)20-4-8-21(25)9-5-20/h4-15,17H,3,16H2,1-2H3,(H2,27,28,29,30)/t17-/m1/s1. The molecule has 1 amide bonds. The van der Waals surface area contributed by atoms with Crippen molar-refractivity contribution in [1.29, 1.82) is 0 Å². The third-order valence-corrected chi connectivity index (χ3v) is 4.86. The number of aliphatic imine (C=N–C) groups is 1. The normalized spacial score (nSPS) is 12.3. The number of hydrogen-bond donors (Lipinski definition) is 2. The fourth-order valence-electron chi connectivity index (χ4n) is 2.82. The van der Waals surface area contributed by atoms with Crippen LogP contribution in [0.1, 0.15) is 47.7 Å². The molecule has 1 aromatic heterocycles. The molecule has 0 spiro atoms. The lowest BCUT2D eigenvalue weighted by molar-refractivity contribution is 0.0977. The van der Waals surface area contributed by atoms with E-state index in [1.807, 2.05) is 24.3 Å². The van der Waals surface area contributed by atoms with Crippen molar-refractivity contribution in [2.45, 2.75) is 32.7 Å². The first-order valence-electron chi connectivity index (χ1n) is 9.92. The summed E-state index contributed by atoms with van der Waals surface area (Å²) >= 11 is 0. The zero-order valence-corrected chi connectivity index (χ0v) is 17.1. The third kappa shape index (κ3) is 5.98. The number of aromatic nitrogens is 1. The van der Waals surface area contributed by atoms with E-state index in [4.69, 9.17) is 0 Å². The fraction of sp³-hybridized carbons (Fsp3) is 0.208. The van der Waals surface area contributed by atoms with E-state index in [1.54, 1.807) is 12.4 Å². The first-order valence-corrected chi connectivity index (χ1v) is 9.92. The van der Waals surface area contributed by atoms with E-state index in [1.165, 1.54) is 29.8 Å². The molecule has 6 heteroatoms. The van der Waals surface area contributed by atoms with Crippen LogP contribution >= 0.6 is 0 Å². The minimum absolute atomic E-state index is 0.317. The summed E-state index contributed by atoms with van der Waals surface area (Å²) in [4.78, 5) is 21.1. The number of halogens is 1. The van der Waals surface area contributed by atoms with Crippen LogP contribution in [0.3, 0.4) is 0 Å². The van der Waals surface area contributed by atoms with Gasteiger partial charge in [0.15, 0.2) is 0 Å².